The van der Waals surface area contributed by atoms with E-state index in [1.807, 2.05) is 24.3 Å². The molecule has 3 rings (SSSR count). The van der Waals surface area contributed by atoms with Gasteiger partial charge in [-0.15, -0.1) is 0 Å². The van der Waals surface area contributed by atoms with Crippen molar-refractivity contribution in [1.82, 2.24) is 15.4 Å². The zero-order valence-corrected chi connectivity index (χ0v) is 10.9. The number of aromatic nitrogens is 3. The molecule has 0 aliphatic heterocycles. The summed E-state index contributed by atoms with van der Waals surface area (Å²) in [5, 5.41) is 11.4. The minimum atomic E-state index is -0.295. The molecule has 0 radical (unpaired) electrons. The minimum Gasteiger partial charge on any atom is -0.354 e. The Morgan fingerprint density at radius 2 is 2.16 bits per heavy atom. The molecule has 96 valence electrons. The Balaban J connectivity index is 2.15. The lowest BCUT2D eigenvalue weighted by atomic mass is 10.1. The molecule has 0 unspecified atom stereocenters. The van der Waals surface area contributed by atoms with Crippen LogP contribution < -0.4 is 5.56 Å². The van der Waals surface area contributed by atoms with E-state index in [-0.39, 0.29) is 5.56 Å². The van der Waals surface area contributed by atoms with Gasteiger partial charge in [0.1, 0.15) is 11.1 Å². The summed E-state index contributed by atoms with van der Waals surface area (Å²) < 4.78 is 5.20. The van der Waals surface area contributed by atoms with E-state index in [1.54, 1.807) is 6.92 Å². The van der Waals surface area contributed by atoms with Crippen molar-refractivity contribution in [2.45, 2.75) is 13.3 Å². The fourth-order valence-electron chi connectivity index (χ4n) is 2.00. The molecule has 0 saturated carbocycles. The fraction of sp³-hybridized carbons (Fsp3) is 0.154. The van der Waals surface area contributed by atoms with Crippen molar-refractivity contribution in [2.24, 2.45) is 0 Å². The van der Waals surface area contributed by atoms with Crippen LogP contribution in [0.1, 0.15) is 17.0 Å². The number of hydrogen-bond donors (Lipinski definition) is 1. The number of halogens is 1. The maximum atomic E-state index is 11.7. The van der Waals surface area contributed by atoms with Crippen LogP contribution in [0.25, 0.3) is 11.0 Å². The molecule has 0 aliphatic carbocycles. The van der Waals surface area contributed by atoms with Gasteiger partial charge in [-0.05, 0) is 18.6 Å². The van der Waals surface area contributed by atoms with E-state index in [9.17, 15) is 4.79 Å². The smallest absolute Gasteiger partial charge is 0.277 e. The van der Waals surface area contributed by atoms with Crippen LogP contribution in [0.4, 0.5) is 0 Å². The van der Waals surface area contributed by atoms with Gasteiger partial charge < -0.3 is 4.52 Å². The first kappa shape index (κ1) is 11.9. The summed E-state index contributed by atoms with van der Waals surface area (Å²) in [7, 11) is 0. The summed E-state index contributed by atoms with van der Waals surface area (Å²) in [5.41, 5.74) is 2.21. The number of nitrogens with one attached hydrogen (secondary N) is 1. The van der Waals surface area contributed by atoms with Gasteiger partial charge in [-0.1, -0.05) is 35.0 Å². The second-order valence-electron chi connectivity index (χ2n) is 4.24. The molecule has 0 saturated heterocycles. The largest absolute Gasteiger partial charge is 0.354 e. The van der Waals surface area contributed by atoms with Gasteiger partial charge in [0.15, 0.2) is 5.58 Å². The average molecular weight is 276 g/mol. The summed E-state index contributed by atoms with van der Waals surface area (Å²) >= 11 is 6.12. The van der Waals surface area contributed by atoms with Crippen molar-refractivity contribution < 1.29 is 4.52 Å². The monoisotopic (exact) mass is 275 g/mol. The summed E-state index contributed by atoms with van der Waals surface area (Å²) in [5.74, 6) is 0. The second-order valence-corrected chi connectivity index (χ2v) is 4.65. The number of rotatable bonds is 2. The molecule has 0 aliphatic rings. The number of aryl methyl sites for hydroxylation is 1. The highest BCUT2D eigenvalue weighted by Crippen LogP contribution is 2.22. The number of aromatic amines is 1. The van der Waals surface area contributed by atoms with Crippen molar-refractivity contribution in [3.05, 3.63) is 56.6 Å². The second kappa shape index (κ2) is 4.51. The highest BCUT2D eigenvalue weighted by molar-refractivity contribution is 6.31. The van der Waals surface area contributed by atoms with Crippen LogP contribution in [0.15, 0.2) is 33.6 Å². The van der Waals surface area contributed by atoms with Gasteiger partial charge in [-0.3, -0.25) is 4.79 Å². The molecule has 2 heterocycles. The minimum absolute atomic E-state index is 0.295. The maximum absolute atomic E-state index is 11.7. The lowest BCUT2D eigenvalue weighted by Gasteiger charge is -2.03. The number of hydrogen-bond acceptors (Lipinski definition) is 4. The van der Waals surface area contributed by atoms with Crippen LogP contribution in [0.3, 0.4) is 0 Å². The van der Waals surface area contributed by atoms with E-state index in [2.05, 4.69) is 15.4 Å². The third kappa shape index (κ3) is 2.02. The third-order valence-electron chi connectivity index (χ3n) is 2.96. The van der Waals surface area contributed by atoms with Crippen molar-refractivity contribution in [1.29, 1.82) is 0 Å². The van der Waals surface area contributed by atoms with Crippen LogP contribution in [-0.2, 0) is 6.42 Å². The number of H-pyrrole nitrogens is 1. The highest BCUT2D eigenvalue weighted by Gasteiger charge is 2.15. The van der Waals surface area contributed by atoms with Gasteiger partial charge >= 0.3 is 0 Å². The Kier molecular flexibility index (Phi) is 2.83. The lowest BCUT2D eigenvalue weighted by Crippen LogP contribution is -2.11. The molecular weight excluding hydrogens is 266 g/mol. The Morgan fingerprint density at radius 1 is 1.37 bits per heavy atom. The lowest BCUT2D eigenvalue weighted by molar-refractivity contribution is 0.446. The molecule has 2 aromatic heterocycles. The summed E-state index contributed by atoms with van der Waals surface area (Å²) in [6.45, 7) is 1.72. The molecule has 0 spiro atoms. The van der Waals surface area contributed by atoms with Crippen molar-refractivity contribution >= 4 is 22.6 Å². The first-order valence-electron chi connectivity index (χ1n) is 5.74. The van der Waals surface area contributed by atoms with Crippen LogP contribution >= 0.6 is 11.6 Å². The Morgan fingerprint density at radius 3 is 2.95 bits per heavy atom. The summed E-state index contributed by atoms with van der Waals surface area (Å²) in [4.78, 5) is 11.7. The standard InChI is InChI=1S/C13H10ClN3O2/c1-7-11-12(19-17-7)10(15-16-13(11)18)6-8-4-2-3-5-9(8)14/h2-5H,6H2,1H3,(H,16,18). The zero-order valence-electron chi connectivity index (χ0n) is 10.1. The van der Waals surface area contributed by atoms with Crippen molar-refractivity contribution in [3.63, 3.8) is 0 Å². The van der Waals surface area contributed by atoms with E-state index < -0.39 is 0 Å². The number of nitrogens with zero attached hydrogens (tertiary/aromatic N) is 2. The molecule has 0 fully saturated rings. The van der Waals surface area contributed by atoms with Crippen LogP contribution in [0, 0.1) is 6.92 Å². The Labute approximate surface area is 113 Å². The average Bonchev–Trinajstić information content (AvgIpc) is 2.79. The predicted octanol–water partition coefficient (Wildman–Crippen LogP) is 2.46. The van der Waals surface area contributed by atoms with E-state index in [4.69, 9.17) is 16.1 Å². The topological polar surface area (TPSA) is 71.8 Å². The van der Waals surface area contributed by atoms with Crippen molar-refractivity contribution in [3.8, 4) is 0 Å². The molecular formula is C13H10ClN3O2. The molecule has 0 amide bonds. The van der Waals surface area contributed by atoms with Gasteiger partial charge in [0, 0.05) is 11.4 Å². The first-order chi connectivity index (χ1) is 9.16. The van der Waals surface area contributed by atoms with E-state index in [1.165, 1.54) is 0 Å². The van der Waals surface area contributed by atoms with E-state index in [0.717, 1.165) is 5.56 Å². The molecule has 1 aromatic carbocycles. The maximum Gasteiger partial charge on any atom is 0.277 e. The SMILES string of the molecule is Cc1noc2c(Cc3ccccc3Cl)n[nH]c(=O)c12. The van der Waals surface area contributed by atoms with E-state index in [0.29, 0.717) is 33.8 Å². The van der Waals surface area contributed by atoms with E-state index >= 15 is 0 Å². The predicted molar refractivity (Wildman–Crippen MR) is 71.4 cm³/mol. The molecule has 0 bridgehead atoms. The first-order valence-corrected chi connectivity index (χ1v) is 6.11. The molecule has 0 atom stereocenters. The van der Waals surface area contributed by atoms with Gasteiger partial charge in [-0.25, -0.2) is 5.10 Å². The van der Waals surface area contributed by atoms with Gasteiger partial charge in [0.2, 0.25) is 0 Å². The van der Waals surface area contributed by atoms with Crippen LogP contribution in [0.5, 0.6) is 0 Å². The quantitative estimate of drug-likeness (QED) is 0.780. The van der Waals surface area contributed by atoms with Crippen LogP contribution in [0.2, 0.25) is 5.02 Å². The normalized spacial score (nSPS) is 11.1. The molecule has 1 N–H and O–H groups in total. The van der Waals surface area contributed by atoms with Crippen LogP contribution in [-0.4, -0.2) is 15.4 Å². The highest BCUT2D eigenvalue weighted by atomic mass is 35.5. The van der Waals surface area contributed by atoms with Gasteiger partial charge in [0.05, 0.1) is 5.69 Å². The van der Waals surface area contributed by atoms with Gasteiger partial charge in [0.25, 0.3) is 5.56 Å². The summed E-state index contributed by atoms with van der Waals surface area (Å²) in [6.07, 6.45) is 0.474. The van der Waals surface area contributed by atoms with Crippen molar-refractivity contribution in [2.75, 3.05) is 0 Å². The molecule has 6 heteroatoms. The fourth-order valence-corrected chi connectivity index (χ4v) is 2.20. The number of benzene rings is 1. The third-order valence-corrected chi connectivity index (χ3v) is 3.33. The Bertz CT molecular complexity index is 807. The summed E-state index contributed by atoms with van der Waals surface area (Å²) in [6, 6.07) is 7.48. The molecule has 3 aromatic rings. The molecule has 19 heavy (non-hydrogen) atoms. The number of fused-ring (bicyclic) bond motifs is 1. The zero-order chi connectivity index (χ0) is 13.4. The van der Waals surface area contributed by atoms with Gasteiger partial charge in [-0.2, -0.15) is 5.10 Å². The Hall–Kier alpha value is -2.14. The molecule has 5 nitrogen and oxygen atoms in total.